The molecule has 0 aliphatic heterocycles. The molecule has 6 heteroatoms. The standard InChI is InChI=1S/C14H15N3O2S/c1-10-9-20-14(16-10)15-8-12-4-2-3-11(7-12)5-6-13(18)17-19/h2-7,9,19H,8H2,1H3,(H,15,16)(H,17,18)/b6-5+. The van der Waals surface area contributed by atoms with Crippen molar-refractivity contribution < 1.29 is 10.0 Å². The van der Waals surface area contributed by atoms with E-state index in [4.69, 9.17) is 5.21 Å². The maximum absolute atomic E-state index is 10.9. The molecule has 2 rings (SSSR count). The Balaban J connectivity index is 1.99. The van der Waals surface area contributed by atoms with Crippen LogP contribution in [0.25, 0.3) is 6.08 Å². The number of nitrogens with zero attached hydrogens (tertiary/aromatic N) is 1. The fraction of sp³-hybridized carbons (Fsp3) is 0.143. The first kappa shape index (κ1) is 14.2. The smallest absolute Gasteiger partial charge is 0.267 e. The van der Waals surface area contributed by atoms with Gasteiger partial charge in [-0.3, -0.25) is 10.0 Å². The minimum atomic E-state index is -0.549. The normalized spacial score (nSPS) is 10.7. The summed E-state index contributed by atoms with van der Waals surface area (Å²) in [5.41, 5.74) is 4.54. The average Bonchev–Trinajstić information content (AvgIpc) is 2.88. The molecule has 0 saturated heterocycles. The summed E-state index contributed by atoms with van der Waals surface area (Å²) in [5.74, 6) is -0.549. The van der Waals surface area contributed by atoms with Crippen LogP contribution in [0.15, 0.2) is 35.7 Å². The third-order valence-electron chi connectivity index (χ3n) is 2.55. The minimum Gasteiger partial charge on any atom is -0.357 e. The molecule has 0 saturated carbocycles. The molecule has 1 heterocycles. The Kier molecular flexibility index (Phi) is 4.86. The predicted octanol–water partition coefficient (Wildman–Crippen LogP) is 2.58. The minimum absolute atomic E-state index is 0.549. The van der Waals surface area contributed by atoms with Crippen LogP contribution in [0.5, 0.6) is 0 Å². The first-order chi connectivity index (χ1) is 9.67. The van der Waals surface area contributed by atoms with Crippen LogP contribution in [0.3, 0.4) is 0 Å². The largest absolute Gasteiger partial charge is 0.357 e. The van der Waals surface area contributed by atoms with Crippen molar-refractivity contribution in [3.63, 3.8) is 0 Å². The molecule has 1 aromatic heterocycles. The maximum atomic E-state index is 10.9. The number of hydrogen-bond donors (Lipinski definition) is 3. The topological polar surface area (TPSA) is 74.2 Å². The van der Waals surface area contributed by atoms with Crippen LogP contribution in [-0.4, -0.2) is 16.1 Å². The van der Waals surface area contributed by atoms with Gasteiger partial charge in [0.05, 0.1) is 5.69 Å². The van der Waals surface area contributed by atoms with E-state index in [1.54, 1.807) is 22.9 Å². The van der Waals surface area contributed by atoms with Crippen molar-refractivity contribution >= 4 is 28.5 Å². The highest BCUT2D eigenvalue weighted by Crippen LogP contribution is 2.16. The molecule has 0 atom stereocenters. The zero-order valence-corrected chi connectivity index (χ0v) is 11.8. The summed E-state index contributed by atoms with van der Waals surface area (Å²) >= 11 is 1.57. The van der Waals surface area contributed by atoms with Crippen molar-refractivity contribution in [3.8, 4) is 0 Å². The van der Waals surface area contributed by atoms with Crippen molar-refractivity contribution in [3.05, 3.63) is 52.5 Å². The number of amides is 1. The van der Waals surface area contributed by atoms with Gasteiger partial charge in [-0.25, -0.2) is 10.5 Å². The Bertz CT molecular complexity index is 622. The lowest BCUT2D eigenvalue weighted by atomic mass is 10.1. The molecule has 1 amide bonds. The highest BCUT2D eigenvalue weighted by atomic mass is 32.1. The molecule has 0 spiro atoms. The molecule has 0 bridgehead atoms. The Morgan fingerprint density at radius 3 is 3.05 bits per heavy atom. The number of carbonyl (C=O) groups is 1. The van der Waals surface area contributed by atoms with Gasteiger partial charge < -0.3 is 5.32 Å². The molecule has 0 radical (unpaired) electrons. The fourth-order valence-electron chi connectivity index (χ4n) is 1.63. The molecule has 0 fully saturated rings. The van der Waals surface area contributed by atoms with E-state index in [2.05, 4.69) is 10.3 Å². The SMILES string of the molecule is Cc1csc(NCc2cccc(/C=C/C(=O)NO)c2)n1. The first-order valence-corrected chi connectivity index (χ1v) is 6.92. The van der Waals surface area contributed by atoms with Gasteiger partial charge in [-0.1, -0.05) is 18.2 Å². The zero-order valence-electron chi connectivity index (χ0n) is 11.0. The molecule has 5 nitrogen and oxygen atoms in total. The van der Waals surface area contributed by atoms with Crippen molar-refractivity contribution in [2.24, 2.45) is 0 Å². The van der Waals surface area contributed by atoms with Crippen LogP contribution in [0, 0.1) is 6.92 Å². The fourth-order valence-corrected chi connectivity index (χ4v) is 2.32. The van der Waals surface area contributed by atoms with Crippen molar-refractivity contribution in [2.75, 3.05) is 5.32 Å². The van der Waals surface area contributed by atoms with Crippen molar-refractivity contribution in [2.45, 2.75) is 13.5 Å². The molecule has 2 aromatic rings. The van der Waals surface area contributed by atoms with Gasteiger partial charge in [0.15, 0.2) is 5.13 Å². The van der Waals surface area contributed by atoms with Gasteiger partial charge in [-0.05, 0) is 30.2 Å². The van der Waals surface area contributed by atoms with Gasteiger partial charge in [0.25, 0.3) is 5.91 Å². The Labute approximate surface area is 120 Å². The third-order valence-corrected chi connectivity index (χ3v) is 3.47. The lowest BCUT2D eigenvalue weighted by molar-refractivity contribution is -0.124. The second kappa shape index (κ2) is 6.83. The number of rotatable bonds is 5. The molecular weight excluding hydrogens is 274 g/mol. The molecule has 1 aromatic carbocycles. The molecule has 0 aliphatic rings. The summed E-state index contributed by atoms with van der Waals surface area (Å²) < 4.78 is 0. The number of nitrogens with one attached hydrogen (secondary N) is 2. The van der Waals surface area contributed by atoms with E-state index in [1.807, 2.05) is 36.6 Å². The number of anilines is 1. The van der Waals surface area contributed by atoms with Crippen molar-refractivity contribution in [1.29, 1.82) is 0 Å². The number of benzene rings is 1. The Morgan fingerprint density at radius 2 is 2.35 bits per heavy atom. The highest BCUT2D eigenvalue weighted by molar-refractivity contribution is 7.13. The van der Waals surface area contributed by atoms with Gasteiger partial charge in [0.2, 0.25) is 0 Å². The van der Waals surface area contributed by atoms with E-state index < -0.39 is 5.91 Å². The predicted molar refractivity (Wildman–Crippen MR) is 79.6 cm³/mol. The summed E-state index contributed by atoms with van der Waals surface area (Å²) in [6, 6.07) is 7.77. The zero-order chi connectivity index (χ0) is 14.4. The van der Waals surface area contributed by atoms with Gasteiger partial charge in [0, 0.05) is 18.0 Å². The Morgan fingerprint density at radius 1 is 1.50 bits per heavy atom. The molecule has 0 aliphatic carbocycles. The molecule has 20 heavy (non-hydrogen) atoms. The molecule has 0 unspecified atom stereocenters. The first-order valence-electron chi connectivity index (χ1n) is 6.04. The second-order valence-corrected chi connectivity index (χ2v) is 5.06. The summed E-state index contributed by atoms with van der Waals surface area (Å²) in [7, 11) is 0. The quantitative estimate of drug-likeness (QED) is 0.449. The van der Waals surface area contributed by atoms with E-state index in [1.165, 1.54) is 6.08 Å². The van der Waals surface area contributed by atoms with Crippen LogP contribution in [0.4, 0.5) is 5.13 Å². The monoisotopic (exact) mass is 289 g/mol. The second-order valence-electron chi connectivity index (χ2n) is 4.20. The summed E-state index contributed by atoms with van der Waals surface area (Å²) in [6.07, 6.45) is 2.92. The van der Waals surface area contributed by atoms with Gasteiger partial charge >= 0.3 is 0 Å². The van der Waals surface area contributed by atoms with Crippen LogP contribution < -0.4 is 10.8 Å². The summed E-state index contributed by atoms with van der Waals surface area (Å²) in [5, 5.41) is 14.5. The van der Waals surface area contributed by atoms with Gasteiger partial charge in [-0.15, -0.1) is 11.3 Å². The molecule has 104 valence electrons. The van der Waals surface area contributed by atoms with Gasteiger partial charge in [0.1, 0.15) is 0 Å². The summed E-state index contributed by atoms with van der Waals surface area (Å²) in [6.45, 7) is 2.63. The number of carbonyl (C=O) groups excluding carboxylic acids is 1. The van der Waals surface area contributed by atoms with Crippen molar-refractivity contribution in [1.82, 2.24) is 10.5 Å². The average molecular weight is 289 g/mol. The van der Waals surface area contributed by atoms with Crippen LogP contribution in [-0.2, 0) is 11.3 Å². The number of aromatic nitrogens is 1. The maximum Gasteiger partial charge on any atom is 0.267 e. The van der Waals surface area contributed by atoms with Crippen LogP contribution >= 0.6 is 11.3 Å². The van der Waals surface area contributed by atoms with Crippen LogP contribution in [0.1, 0.15) is 16.8 Å². The van der Waals surface area contributed by atoms with Gasteiger partial charge in [-0.2, -0.15) is 0 Å². The van der Waals surface area contributed by atoms with E-state index in [0.29, 0.717) is 6.54 Å². The number of hydroxylamine groups is 1. The lowest BCUT2D eigenvalue weighted by Crippen LogP contribution is -2.14. The van der Waals surface area contributed by atoms with E-state index in [0.717, 1.165) is 22.0 Å². The van der Waals surface area contributed by atoms with E-state index in [9.17, 15) is 4.79 Å². The molecular formula is C14H15N3O2S. The lowest BCUT2D eigenvalue weighted by Gasteiger charge is -2.04. The number of aryl methyl sites for hydroxylation is 1. The molecule has 3 N–H and O–H groups in total. The van der Waals surface area contributed by atoms with E-state index >= 15 is 0 Å². The third kappa shape index (κ3) is 4.18. The Hall–Kier alpha value is -2.18. The van der Waals surface area contributed by atoms with E-state index in [-0.39, 0.29) is 0 Å². The number of thiazole rings is 1. The van der Waals surface area contributed by atoms with Crippen LogP contribution in [0.2, 0.25) is 0 Å². The summed E-state index contributed by atoms with van der Waals surface area (Å²) in [4.78, 5) is 15.2. The number of hydrogen-bond acceptors (Lipinski definition) is 5. The highest BCUT2D eigenvalue weighted by Gasteiger charge is 1.99.